The Morgan fingerprint density at radius 3 is 2.62 bits per heavy atom. The number of nitrogens with one attached hydrogen (secondary N) is 1. The van der Waals surface area contributed by atoms with Gasteiger partial charge in [0.2, 0.25) is 5.91 Å². The number of rotatable bonds is 6. The van der Waals surface area contributed by atoms with Crippen molar-refractivity contribution in [1.82, 2.24) is 5.32 Å². The van der Waals surface area contributed by atoms with Crippen molar-refractivity contribution in [2.75, 3.05) is 6.61 Å². The van der Waals surface area contributed by atoms with Gasteiger partial charge in [0.15, 0.2) is 0 Å². The lowest BCUT2D eigenvalue weighted by Gasteiger charge is -2.43. The summed E-state index contributed by atoms with van der Waals surface area (Å²) in [6, 6.07) is 8.33. The van der Waals surface area contributed by atoms with Gasteiger partial charge in [-0.05, 0) is 61.1 Å². The largest absolute Gasteiger partial charge is 0.493 e. The number of amides is 1. The molecule has 1 aromatic carbocycles. The molecule has 2 aliphatic rings. The van der Waals surface area contributed by atoms with Crippen molar-refractivity contribution in [3.05, 3.63) is 29.8 Å². The highest BCUT2D eigenvalue weighted by molar-refractivity contribution is 5.85. The van der Waals surface area contributed by atoms with Crippen LogP contribution in [-0.2, 0) is 11.3 Å². The number of hydrogen-bond donors (Lipinski definition) is 2. The normalized spacial score (nSPS) is 27.5. The Hall–Kier alpha value is -1.26. The maximum atomic E-state index is 12.6. The van der Waals surface area contributed by atoms with Crippen LogP contribution in [-0.4, -0.2) is 18.6 Å². The predicted molar refractivity (Wildman–Crippen MR) is 107 cm³/mol. The molecule has 2 saturated carbocycles. The molecule has 3 rings (SSSR count). The third kappa shape index (κ3) is 5.37. The van der Waals surface area contributed by atoms with Crippen LogP contribution in [0.4, 0.5) is 0 Å². The number of halogens is 1. The smallest absolute Gasteiger partial charge is 0.223 e. The first-order valence-electron chi connectivity index (χ1n) is 9.78. The van der Waals surface area contributed by atoms with Crippen molar-refractivity contribution in [2.45, 2.75) is 58.5 Å². The van der Waals surface area contributed by atoms with Crippen molar-refractivity contribution in [1.29, 1.82) is 0 Å². The lowest BCUT2D eigenvalue weighted by atomic mass is 9.65. The first kappa shape index (κ1) is 21.0. The van der Waals surface area contributed by atoms with E-state index in [1.807, 2.05) is 24.3 Å². The topological polar surface area (TPSA) is 64.3 Å². The van der Waals surface area contributed by atoms with Crippen LogP contribution in [0.5, 0.6) is 5.75 Å². The summed E-state index contributed by atoms with van der Waals surface area (Å²) in [5.74, 6) is 2.78. The number of benzene rings is 1. The molecule has 2 bridgehead atoms. The second-order valence-electron chi connectivity index (χ2n) is 8.27. The zero-order valence-corrected chi connectivity index (χ0v) is 16.8. The van der Waals surface area contributed by atoms with Crippen LogP contribution in [0.15, 0.2) is 24.3 Å². The Bertz CT molecular complexity index is 579. The summed E-state index contributed by atoms with van der Waals surface area (Å²) in [5.41, 5.74) is 7.42. The van der Waals surface area contributed by atoms with E-state index in [4.69, 9.17) is 10.5 Å². The fourth-order valence-electron chi connectivity index (χ4n) is 4.34. The highest BCUT2D eigenvalue weighted by Gasteiger charge is 2.40. The van der Waals surface area contributed by atoms with Crippen molar-refractivity contribution in [3.8, 4) is 5.75 Å². The number of hydrogen-bond acceptors (Lipinski definition) is 3. The third-order valence-electron chi connectivity index (χ3n) is 5.73. The molecule has 2 aliphatic carbocycles. The molecular formula is C21H33ClN2O2. The second-order valence-corrected chi connectivity index (χ2v) is 8.27. The monoisotopic (exact) mass is 380 g/mol. The maximum absolute atomic E-state index is 12.6. The lowest BCUT2D eigenvalue weighted by Crippen LogP contribution is -2.49. The van der Waals surface area contributed by atoms with E-state index in [1.165, 1.54) is 19.3 Å². The number of fused-ring (bicyclic) bond motifs is 2. The molecule has 2 atom stereocenters. The molecule has 0 heterocycles. The minimum atomic E-state index is 0. The van der Waals surface area contributed by atoms with Gasteiger partial charge in [-0.25, -0.2) is 0 Å². The zero-order valence-electron chi connectivity index (χ0n) is 15.9. The van der Waals surface area contributed by atoms with E-state index in [1.54, 1.807) is 0 Å². The van der Waals surface area contributed by atoms with Crippen LogP contribution >= 0.6 is 12.4 Å². The first-order chi connectivity index (χ1) is 12.0. The molecule has 26 heavy (non-hydrogen) atoms. The third-order valence-corrected chi connectivity index (χ3v) is 5.73. The molecule has 3 N–H and O–H groups in total. The minimum absolute atomic E-state index is 0. The zero-order chi connectivity index (χ0) is 17.8. The molecule has 0 spiro atoms. The Balaban J connectivity index is 0.00000243. The molecule has 1 amide bonds. The van der Waals surface area contributed by atoms with Crippen molar-refractivity contribution in [3.63, 3.8) is 0 Å². The molecule has 4 nitrogen and oxygen atoms in total. The maximum Gasteiger partial charge on any atom is 0.223 e. The average Bonchev–Trinajstić information content (AvgIpc) is 2.58. The molecule has 0 aromatic heterocycles. The molecule has 2 fully saturated rings. The highest BCUT2D eigenvalue weighted by atomic mass is 35.5. The SMILES string of the molecule is CC(C)COc1cccc(CNC(=O)C2CC3CCCC(C2)C3N)c1.Cl. The molecule has 0 radical (unpaired) electrons. The van der Waals surface area contributed by atoms with E-state index in [9.17, 15) is 4.79 Å². The summed E-state index contributed by atoms with van der Waals surface area (Å²) in [5, 5.41) is 3.13. The van der Waals surface area contributed by atoms with Gasteiger partial charge in [0.1, 0.15) is 5.75 Å². The molecule has 0 aliphatic heterocycles. The van der Waals surface area contributed by atoms with E-state index in [0.717, 1.165) is 24.2 Å². The standard InChI is InChI=1S/C21H32N2O2.ClH/c1-14(2)13-25-19-8-3-5-15(9-19)12-23-21(24)18-10-16-6-4-7-17(11-18)20(16)22;/h3,5,8-9,14,16-18,20H,4,6-7,10-13,22H2,1-2H3,(H,23,24);1H. The molecule has 1 aromatic rings. The molecule has 146 valence electrons. The van der Waals surface area contributed by atoms with E-state index >= 15 is 0 Å². The summed E-state index contributed by atoms with van der Waals surface area (Å²) in [7, 11) is 0. The highest BCUT2D eigenvalue weighted by Crippen LogP contribution is 2.41. The quantitative estimate of drug-likeness (QED) is 0.786. The Labute approximate surface area is 163 Å². The van der Waals surface area contributed by atoms with E-state index < -0.39 is 0 Å². The first-order valence-corrected chi connectivity index (χ1v) is 9.78. The number of ether oxygens (including phenoxy) is 1. The Kier molecular flexibility index (Phi) is 7.78. The Morgan fingerprint density at radius 1 is 1.27 bits per heavy atom. The summed E-state index contributed by atoms with van der Waals surface area (Å²) < 4.78 is 5.77. The van der Waals surface area contributed by atoms with Gasteiger partial charge in [0.05, 0.1) is 6.61 Å². The van der Waals surface area contributed by atoms with Gasteiger partial charge in [-0.2, -0.15) is 0 Å². The van der Waals surface area contributed by atoms with E-state index in [0.29, 0.717) is 36.9 Å². The molecule has 0 saturated heterocycles. The van der Waals surface area contributed by atoms with Crippen LogP contribution in [0.3, 0.4) is 0 Å². The van der Waals surface area contributed by atoms with Gasteiger partial charge in [-0.3, -0.25) is 4.79 Å². The van der Waals surface area contributed by atoms with Crippen molar-refractivity contribution in [2.24, 2.45) is 29.4 Å². The summed E-state index contributed by atoms with van der Waals surface area (Å²) >= 11 is 0. The molecule has 2 unspecified atom stereocenters. The van der Waals surface area contributed by atoms with Crippen LogP contribution < -0.4 is 15.8 Å². The molecule has 5 heteroatoms. The van der Waals surface area contributed by atoms with Crippen LogP contribution in [0, 0.1) is 23.7 Å². The van der Waals surface area contributed by atoms with Crippen LogP contribution in [0.25, 0.3) is 0 Å². The van der Waals surface area contributed by atoms with Gasteiger partial charge < -0.3 is 15.8 Å². The number of nitrogens with two attached hydrogens (primary N) is 1. The summed E-state index contributed by atoms with van der Waals surface area (Å²) in [6.07, 6.45) is 5.58. The van der Waals surface area contributed by atoms with Crippen LogP contribution in [0.1, 0.15) is 51.5 Å². The lowest BCUT2D eigenvalue weighted by molar-refractivity contribution is -0.128. The Morgan fingerprint density at radius 2 is 1.96 bits per heavy atom. The van der Waals surface area contributed by atoms with Crippen molar-refractivity contribution < 1.29 is 9.53 Å². The van der Waals surface area contributed by atoms with Crippen LogP contribution in [0.2, 0.25) is 0 Å². The van der Waals surface area contributed by atoms with Gasteiger partial charge in [0.25, 0.3) is 0 Å². The predicted octanol–water partition coefficient (Wildman–Crippen LogP) is 3.91. The van der Waals surface area contributed by atoms with E-state index in [-0.39, 0.29) is 24.2 Å². The van der Waals surface area contributed by atoms with Crippen molar-refractivity contribution >= 4 is 18.3 Å². The summed E-state index contributed by atoms with van der Waals surface area (Å²) in [4.78, 5) is 12.6. The van der Waals surface area contributed by atoms with Gasteiger partial charge in [-0.1, -0.05) is 32.4 Å². The van der Waals surface area contributed by atoms with E-state index in [2.05, 4.69) is 19.2 Å². The summed E-state index contributed by atoms with van der Waals surface area (Å²) in [6.45, 7) is 5.54. The fourth-order valence-corrected chi connectivity index (χ4v) is 4.34. The molecular weight excluding hydrogens is 348 g/mol. The number of carbonyl (C=O) groups is 1. The van der Waals surface area contributed by atoms with Gasteiger partial charge in [0, 0.05) is 18.5 Å². The fraction of sp³-hybridized carbons (Fsp3) is 0.667. The average molecular weight is 381 g/mol. The van der Waals surface area contributed by atoms with Gasteiger partial charge >= 0.3 is 0 Å². The van der Waals surface area contributed by atoms with Gasteiger partial charge in [-0.15, -0.1) is 12.4 Å². The minimum Gasteiger partial charge on any atom is -0.493 e. The number of carbonyl (C=O) groups excluding carboxylic acids is 1. The second kappa shape index (κ2) is 9.61.